The molecule has 3 atom stereocenters. The van der Waals surface area contributed by atoms with Gasteiger partial charge in [-0.25, -0.2) is 0 Å². The molecule has 0 aliphatic carbocycles. The number of rotatable bonds is 38. The first-order chi connectivity index (χ1) is 27.1. The maximum absolute atomic E-state index is 12.6. The summed E-state index contributed by atoms with van der Waals surface area (Å²) in [5.74, 6) is -2.69. The molecule has 0 aromatic rings. The molecular formula is C44H73NO10P-. The van der Waals surface area contributed by atoms with E-state index >= 15 is 0 Å². The average Bonchev–Trinajstić information content (AvgIpc) is 3.17. The van der Waals surface area contributed by atoms with Crippen LogP contribution in [0.5, 0.6) is 0 Å². The van der Waals surface area contributed by atoms with E-state index in [1.54, 1.807) is 0 Å². The van der Waals surface area contributed by atoms with Crippen LogP contribution in [0.25, 0.3) is 0 Å². The van der Waals surface area contributed by atoms with Crippen LogP contribution in [0.1, 0.15) is 155 Å². The number of aliphatic carboxylic acids is 1. The quantitative estimate of drug-likeness (QED) is 0.0276. The molecule has 0 bridgehead atoms. The highest BCUT2D eigenvalue weighted by molar-refractivity contribution is 7.45. The summed E-state index contributed by atoms with van der Waals surface area (Å²) in [4.78, 5) is 48.0. The van der Waals surface area contributed by atoms with E-state index in [9.17, 15) is 28.9 Å². The number of phosphoric ester groups is 1. The third-order valence-corrected chi connectivity index (χ3v) is 9.44. The van der Waals surface area contributed by atoms with Gasteiger partial charge in [0.25, 0.3) is 7.82 Å². The lowest BCUT2D eigenvalue weighted by Gasteiger charge is -2.26. The summed E-state index contributed by atoms with van der Waals surface area (Å²) in [6, 6.07) is -1.44. The maximum atomic E-state index is 12.6. The molecule has 0 fully saturated rings. The number of ether oxygens (including phenoxy) is 2. The second kappa shape index (κ2) is 38.8. The predicted octanol–water partition coefficient (Wildman–Crippen LogP) is 8.26. The van der Waals surface area contributed by atoms with E-state index < -0.39 is 57.7 Å². The molecular weight excluding hydrogens is 733 g/mol. The molecule has 0 saturated heterocycles. The Bertz CT molecular complexity index is 1230. The van der Waals surface area contributed by atoms with Gasteiger partial charge in [-0.1, -0.05) is 164 Å². The maximum Gasteiger partial charge on any atom is 0.306 e. The Morgan fingerprint density at radius 2 is 1.00 bits per heavy atom. The first-order valence-electron chi connectivity index (χ1n) is 21.0. The summed E-state index contributed by atoms with van der Waals surface area (Å²) in [5, 5.41) is 10.8. The Hall–Kier alpha value is -3.08. The molecule has 0 spiro atoms. The predicted molar refractivity (Wildman–Crippen MR) is 220 cm³/mol. The number of quaternary nitrogens is 1. The molecule has 0 amide bonds. The van der Waals surface area contributed by atoms with Crippen LogP contribution < -0.4 is 15.7 Å². The molecule has 0 aromatic heterocycles. The van der Waals surface area contributed by atoms with Gasteiger partial charge in [0.05, 0.1) is 6.61 Å². The summed E-state index contributed by atoms with van der Waals surface area (Å²) in [6.07, 6.45) is 45.3. The fourth-order valence-electron chi connectivity index (χ4n) is 5.21. The van der Waals surface area contributed by atoms with E-state index in [1.807, 2.05) is 18.2 Å². The molecule has 0 rings (SSSR count). The van der Waals surface area contributed by atoms with Crippen molar-refractivity contribution in [2.75, 3.05) is 19.8 Å². The van der Waals surface area contributed by atoms with Crippen LogP contribution in [0, 0.1) is 0 Å². The largest absolute Gasteiger partial charge is 0.756 e. The van der Waals surface area contributed by atoms with Crippen LogP contribution in [-0.4, -0.2) is 49.9 Å². The Balaban J connectivity index is 4.53. The van der Waals surface area contributed by atoms with Gasteiger partial charge in [-0.05, 0) is 51.4 Å². The average molecular weight is 807 g/mol. The number of carbonyl (C=O) groups is 3. The Labute approximate surface area is 338 Å². The lowest BCUT2D eigenvalue weighted by atomic mass is 10.0. The first kappa shape index (κ1) is 52.9. The summed E-state index contributed by atoms with van der Waals surface area (Å²) in [7, 11) is -4.97. The molecule has 0 aliphatic rings. The third kappa shape index (κ3) is 37.8. The number of phosphoric acid groups is 1. The number of carbonyl (C=O) groups excluding carboxylic acids is 3. The van der Waals surface area contributed by atoms with E-state index in [-0.39, 0.29) is 12.8 Å². The molecule has 1 unspecified atom stereocenters. The first-order valence-corrected chi connectivity index (χ1v) is 22.5. The van der Waals surface area contributed by atoms with Crippen molar-refractivity contribution in [3.8, 4) is 0 Å². The van der Waals surface area contributed by atoms with Gasteiger partial charge in [-0.2, -0.15) is 0 Å². The summed E-state index contributed by atoms with van der Waals surface area (Å²) < 4.78 is 32.2. The van der Waals surface area contributed by atoms with Crippen molar-refractivity contribution in [3.05, 3.63) is 72.9 Å². The van der Waals surface area contributed by atoms with Crippen molar-refractivity contribution in [1.29, 1.82) is 0 Å². The highest BCUT2D eigenvalue weighted by atomic mass is 31.2. The van der Waals surface area contributed by atoms with Gasteiger partial charge in [0.15, 0.2) is 6.10 Å². The van der Waals surface area contributed by atoms with Crippen LogP contribution in [0.4, 0.5) is 0 Å². The van der Waals surface area contributed by atoms with E-state index in [2.05, 4.69) is 78.8 Å². The van der Waals surface area contributed by atoms with Crippen molar-refractivity contribution in [2.45, 2.75) is 167 Å². The number of unbranched alkanes of at least 4 members (excludes halogenated alkanes) is 12. The van der Waals surface area contributed by atoms with Gasteiger partial charge in [-0.3, -0.25) is 14.2 Å². The smallest absolute Gasteiger partial charge is 0.306 e. The van der Waals surface area contributed by atoms with Crippen molar-refractivity contribution >= 4 is 25.7 Å². The zero-order valence-electron chi connectivity index (χ0n) is 34.5. The minimum absolute atomic E-state index is 0.0197. The lowest BCUT2D eigenvalue weighted by molar-refractivity contribution is -0.441. The van der Waals surface area contributed by atoms with E-state index in [0.29, 0.717) is 19.3 Å². The monoisotopic (exact) mass is 806 g/mol. The van der Waals surface area contributed by atoms with Crippen molar-refractivity contribution in [1.82, 2.24) is 0 Å². The number of carboxylic acids is 1. The van der Waals surface area contributed by atoms with Gasteiger partial charge in [0.2, 0.25) is 0 Å². The van der Waals surface area contributed by atoms with Gasteiger partial charge < -0.3 is 39.0 Å². The van der Waals surface area contributed by atoms with Crippen LogP contribution in [0.3, 0.4) is 0 Å². The zero-order valence-corrected chi connectivity index (χ0v) is 35.4. The molecule has 320 valence electrons. The third-order valence-electron chi connectivity index (χ3n) is 8.51. The topological polar surface area (TPSA) is 179 Å². The van der Waals surface area contributed by atoms with Crippen LogP contribution in [-0.2, 0) is 37.5 Å². The van der Waals surface area contributed by atoms with Crippen molar-refractivity contribution in [3.63, 3.8) is 0 Å². The minimum Gasteiger partial charge on any atom is -0.756 e. The van der Waals surface area contributed by atoms with Gasteiger partial charge in [0.1, 0.15) is 25.2 Å². The Morgan fingerprint density at radius 3 is 1.46 bits per heavy atom. The SMILES string of the molecule is CC/C=C\C/C=C\C/C=C\C/C=C\C/C=C\C/C=C\CCC(=O)O[C@H](COC(=O)CCCCCCCCCCCCCCC)COP(=O)([O-])OC[C@H]([NH3+])C(=O)[O-]. The summed E-state index contributed by atoms with van der Waals surface area (Å²) >= 11 is 0. The molecule has 12 heteroatoms. The molecule has 11 nitrogen and oxygen atoms in total. The molecule has 0 saturated carbocycles. The Morgan fingerprint density at radius 1 is 0.571 bits per heavy atom. The second-order valence-electron chi connectivity index (χ2n) is 13.8. The van der Waals surface area contributed by atoms with Gasteiger partial charge in [-0.15, -0.1) is 0 Å². The standard InChI is InChI=1S/C44H74NO10P/c1-3-5-7-9-11-13-15-17-18-19-20-21-22-24-26-28-30-32-34-36-43(47)55-40(38-53-56(50,51)54-39-41(45)44(48)49)37-52-42(46)35-33-31-29-27-25-23-16-14-12-10-8-6-4-2/h5,7,11,13,17-18,20-21,24,26,30,32,40-41H,3-4,6,8-10,12,14-16,19,22-23,25,27-29,31,33-39,45H2,1-2H3,(H,48,49)(H,50,51)/p-1/b7-5-,13-11-,18-17-,21-20-,26-24-,32-30-/t40-,41+/m1/s1. The van der Waals surface area contributed by atoms with E-state index in [1.165, 1.54) is 57.8 Å². The van der Waals surface area contributed by atoms with Crippen LogP contribution >= 0.6 is 7.82 Å². The number of hydrogen-bond acceptors (Lipinski definition) is 10. The number of esters is 2. The normalized spacial score (nSPS) is 14.5. The van der Waals surface area contributed by atoms with E-state index in [4.69, 9.17) is 14.0 Å². The number of hydrogen-bond donors (Lipinski definition) is 1. The summed E-state index contributed by atoms with van der Waals surface area (Å²) in [5.41, 5.74) is 3.23. The van der Waals surface area contributed by atoms with Crippen molar-refractivity contribution < 1.29 is 53.2 Å². The van der Waals surface area contributed by atoms with Crippen LogP contribution in [0.2, 0.25) is 0 Å². The highest BCUT2D eigenvalue weighted by Crippen LogP contribution is 2.38. The summed E-state index contributed by atoms with van der Waals surface area (Å²) in [6.45, 7) is 2.50. The fraction of sp³-hybridized carbons (Fsp3) is 0.659. The Kier molecular flexibility index (Phi) is 36.6. The minimum atomic E-state index is -4.97. The van der Waals surface area contributed by atoms with Gasteiger partial charge in [0, 0.05) is 12.8 Å². The number of allylic oxidation sites excluding steroid dienone is 12. The zero-order chi connectivity index (χ0) is 41.4. The molecule has 0 aliphatic heterocycles. The van der Waals surface area contributed by atoms with Crippen LogP contribution in [0.15, 0.2) is 72.9 Å². The lowest BCUT2D eigenvalue weighted by Crippen LogP contribution is -2.70. The molecule has 0 radical (unpaired) electrons. The molecule has 3 N–H and O–H groups in total. The second-order valence-corrected chi connectivity index (χ2v) is 15.2. The molecule has 56 heavy (non-hydrogen) atoms. The van der Waals surface area contributed by atoms with Gasteiger partial charge >= 0.3 is 11.9 Å². The molecule has 0 heterocycles. The van der Waals surface area contributed by atoms with E-state index in [0.717, 1.165) is 51.4 Å². The highest BCUT2D eigenvalue weighted by Gasteiger charge is 2.22. The number of carboxylic acid groups (broad SMARTS) is 1. The van der Waals surface area contributed by atoms with Crippen molar-refractivity contribution in [2.24, 2.45) is 0 Å². The fourth-order valence-corrected chi connectivity index (χ4v) is 5.99. The molecule has 0 aromatic carbocycles.